The second kappa shape index (κ2) is 9.11. The van der Waals surface area contributed by atoms with Gasteiger partial charge in [-0.05, 0) is 17.7 Å². The van der Waals surface area contributed by atoms with E-state index in [0.29, 0.717) is 23.9 Å². The van der Waals surface area contributed by atoms with Crippen LogP contribution in [0.5, 0.6) is 0 Å². The lowest BCUT2D eigenvalue weighted by atomic mass is 10.2. The highest BCUT2D eigenvalue weighted by atomic mass is 16.1. The van der Waals surface area contributed by atoms with Crippen LogP contribution in [0.25, 0.3) is 0 Å². The molecule has 8 heteroatoms. The van der Waals surface area contributed by atoms with Gasteiger partial charge in [0.25, 0.3) is 5.91 Å². The Balaban J connectivity index is 1.45. The number of rotatable bonds is 6. The number of hydrogen-bond acceptors (Lipinski definition) is 7. The number of benzene rings is 1. The summed E-state index contributed by atoms with van der Waals surface area (Å²) in [5.41, 5.74) is 3.05. The molecule has 0 unspecified atom stereocenters. The van der Waals surface area contributed by atoms with Gasteiger partial charge in [0, 0.05) is 45.1 Å². The number of hydrogen-bond donors (Lipinski definition) is 3. The molecule has 0 atom stereocenters. The van der Waals surface area contributed by atoms with Crippen LogP contribution in [0, 0.1) is 0 Å². The van der Waals surface area contributed by atoms with Crippen LogP contribution in [0.3, 0.4) is 0 Å². The summed E-state index contributed by atoms with van der Waals surface area (Å²) < 4.78 is 0. The number of carbonyl (C=O) groups excluding carboxylic acids is 1. The fourth-order valence-corrected chi connectivity index (χ4v) is 3.20. The second-order valence-electron chi connectivity index (χ2n) is 6.69. The van der Waals surface area contributed by atoms with E-state index in [2.05, 4.69) is 35.8 Å². The van der Waals surface area contributed by atoms with Gasteiger partial charge in [-0.1, -0.05) is 30.3 Å². The van der Waals surface area contributed by atoms with E-state index in [1.807, 2.05) is 36.4 Å². The van der Waals surface area contributed by atoms with E-state index in [1.165, 1.54) is 0 Å². The van der Waals surface area contributed by atoms with Gasteiger partial charge in [-0.25, -0.2) is 9.97 Å². The normalized spacial score (nSPS) is 13.7. The van der Waals surface area contributed by atoms with Crippen molar-refractivity contribution in [2.45, 2.75) is 6.54 Å². The number of anilines is 3. The summed E-state index contributed by atoms with van der Waals surface area (Å²) in [5.74, 6) is 0.120. The first-order valence-electron chi connectivity index (χ1n) is 9.61. The minimum absolute atomic E-state index is 0.292. The molecule has 0 bridgehead atoms. The van der Waals surface area contributed by atoms with E-state index in [9.17, 15) is 4.79 Å². The summed E-state index contributed by atoms with van der Waals surface area (Å²) >= 11 is 0. The van der Waals surface area contributed by atoms with Crippen molar-refractivity contribution in [3.05, 3.63) is 72.3 Å². The summed E-state index contributed by atoms with van der Waals surface area (Å²) in [6.07, 6.45) is 4.99. The van der Waals surface area contributed by atoms with Crippen molar-refractivity contribution in [3.8, 4) is 0 Å². The van der Waals surface area contributed by atoms with Crippen LogP contribution in [-0.4, -0.2) is 47.0 Å². The highest BCUT2D eigenvalue weighted by Crippen LogP contribution is 2.25. The van der Waals surface area contributed by atoms with Crippen molar-refractivity contribution in [2.75, 3.05) is 41.7 Å². The summed E-state index contributed by atoms with van der Waals surface area (Å²) in [6, 6.07) is 13.5. The van der Waals surface area contributed by atoms with Gasteiger partial charge < -0.3 is 20.9 Å². The fourth-order valence-electron chi connectivity index (χ4n) is 3.20. The Morgan fingerprint density at radius 2 is 1.90 bits per heavy atom. The SMILES string of the molecule is O=C(Nc1cnccc1N1CCNCC1)c1ccnc(NCc2ccccc2)n1. The van der Waals surface area contributed by atoms with E-state index in [-0.39, 0.29) is 5.91 Å². The second-order valence-corrected chi connectivity index (χ2v) is 6.69. The number of nitrogens with zero attached hydrogens (tertiary/aromatic N) is 4. The molecule has 0 saturated carbocycles. The number of aromatic nitrogens is 3. The topological polar surface area (TPSA) is 95.1 Å². The predicted octanol–water partition coefficient (Wildman–Crippen LogP) is 2.15. The zero-order valence-corrected chi connectivity index (χ0v) is 16.0. The maximum atomic E-state index is 12.8. The van der Waals surface area contributed by atoms with Crippen molar-refractivity contribution in [2.24, 2.45) is 0 Å². The van der Waals surface area contributed by atoms with E-state index in [1.54, 1.807) is 24.7 Å². The average molecular weight is 389 g/mol. The molecule has 1 aliphatic rings. The Bertz CT molecular complexity index is 958. The monoisotopic (exact) mass is 389 g/mol. The maximum Gasteiger partial charge on any atom is 0.274 e. The number of amides is 1. The van der Waals surface area contributed by atoms with Crippen LogP contribution in [0.15, 0.2) is 61.1 Å². The third kappa shape index (κ3) is 4.85. The minimum Gasteiger partial charge on any atom is -0.367 e. The molecule has 1 aromatic carbocycles. The minimum atomic E-state index is -0.292. The zero-order valence-electron chi connectivity index (χ0n) is 16.0. The average Bonchev–Trinajstić information content (AvgIpc) is 2.79. The van der Waals surface area contributed by atoms with Crippen molar-refractivity contribution in [1.82, 2.24) is 20.3 Å². The Morgan fingerprint density at radius 1 is 1.07 bits per heavy atom. The van der Waals surface area contributed by atoms with Crippen LogP contribution in [0.2, 0.25) is 0 Å². The lowest BCUT2D eigenvalue weighted by molar-refractivity contribution is 0.102. The van der Waals surface area contributed by atoms with Gasteiger partial charge in [0.15, 0.2) is 0 Å². The zero-order chi connectivity index (χ0) is 19.9. The smallest absolute Gasteiger partial charge is 0.274 e. The molecule has 3 heterocycles. The number of carbonyl (C=O) groups is 1. The lowest BCUT2D eigenvalue weighted by Gasteiger charge is -2.30. The Morgan fingerprint density at radius 3 is 2.72 bits per heavy atom. The summed E-state index contributed by atoms with van der Waals surface area (Å²) in [4.78, 5) is 27.7. The van der Waals surface area contributed by atoms with Gasteiger partial charge in [0.2, 0.25) is 5.95 Å². The molecule has 3 aromatic rings. The third-order valence-electron chi connectivity index (χ3n) is 4.69. The van der Waals surface area contributed by atoms with Crippen molar-refractivity contribution >= 4 is 23.2 Å². The molecular weight excluding hydrogens is 366 g/mol. The Labute approximate surface area is 169 Å². The molecule has 0 aliphatic carbocycles. The van der Waals surface area contributed by atoms with Crippen LogP contribution in [-0.2, 0) is 6.54 Å². The maximum absolute atomic E-state index is 12.8. The van der Waals surface area contributed by atoms with E-state index in [0.717, 1.165) is 37.4 Å². The first-order chi connectivity index (χ1) is 14.3. The number of pyridine rings is 1. The lowest BCUT2D eigenvalue weighted by Crippen LogP contribution is -2.43. The van der Waals surface area contributed by atoms with Gasteiger partial charge in [-0.15, -0.1) is 0 Å². The molecule has 148 valence electrons. The van der Waals surface area contributed by atoms with Crippen LogP contribution in [0.1, 0.15) is 16.1 Å². The summed E-state index contributed by atoms with van der Waals surface area (Å²) in [5, 5.41) is 9.43. The summed E-state index contributed by atoms with van der Waals surface area (Å²) in [6.45, 7) is 4.18. The quantitative estimate of drug-likeness (QED) is 0.594. The van der Waals surface area contributed by atoms with Crippen LogP contribution < -0.4 is 20.9 Å². The first-order valence-corrected chi connectivity index (χ1v) is 9.61. The van der Waals surface area contributed by atoms with Crippen molar-refractivity contribution in [1.29, 1.82) is 0 Å². The highest BCUT2D eigenvalue weighted by molar-refractivity contribution is 6.04. The van der Waals surface area contributed by atoms with Gasteiger partial charge in [-0.2, -0.15) is 0 Å². The molecule has 2 aromatic heterocycles. The molecule has 8 nitrogen and oxygen atoms in total. The molecule has 4 rings (SSSR count). The molecule has 1 fully saturated rings. The predicted molar refractivity (Wildman–Crippen MR) is 113 cm³/mol. The Kier molecular flexibility index (Phi) is 5.92. The molecule has 1 aliphatic heterocycles. The Hall–Kier alpha value is -3.52. The first kappa shape index (κ1) is 18.8. The molecule has 0 spiro atoms. The highest BCUT2D eigenvalue weighted by Gasteiger charge is 2.17. The van der Waals surface area contributed by atoms with Crippen molar-refractivity contribution in [3.63, 3.8) is 0 Å². The largest absolute Gasteiger partial charge is 0.367 e. The molecule has 3 N–H and O–H groups in total. The van der Waals surface area contributed by atoms with Gasteiger partial charge in [-0.3, -0.25) is 9.78 Å². The standard InChI is InChI=1S/C21H23N7O/c29-20(26-18-15-23-8-7-19(18)28-12-10-22-11-13-28)17-6-9-24-21(27-17)25-14-16-4-2-1-3-5-16/h1-9,15,22H,10-14H2,(H,26,29)(H,24,25,27). The van der Waals surface area contributed by atoms with Crippen molar-refractivity contribution < 1.29 is 4.79 Å². The third-order valence-corrected chi connectivity index (χ3v) is 4.69. The van der Waals surface area contributed by atoms with E-state index >= 15 is 0 Å². The van der Waals surface area contributed by atoms with E-state index < -0.39 is 0 Å². The van der Waals surface area contributed by atoms with E-state index in [4.69, 9.17) is 0 Å². The fraction of sp³-hybridized carbons (Fsp3) is 0.238. The molecule has 1 amide bonds. The van der Waals surface area contributed by atoms with Gasteiger partial charge in [0.05, 0.1) is 17.6 Å². The number of piperazine rings is 1. The molecular formula is C21H23N7O. The molecule has 0 radical (unpaired) electrons. The molecule has 29 heavy (non-hydrogen) atoms. The molecule has 1 saturated heterocycles. The number of nitrogens with one attached hydrogen (secondary N) is 3. The summed E-state index contributed by atoms with van der Waals surface area (Å²) in [7, 11) is 0. The van der Waals surface area contributed by atoms with Crippen LogP contribution in [0.4, 0.5) is 17.3 Å². The van der Waals surface area contributed by atoms with Gasteiger partial charge in [0.1, 0.15) is 5.69 Å². The van der Waals surface area contributed by atoms with Gasteiger partial charge >= 0.3 is 0 Å². The van der Waals surface area contributed by atoms with Crippen LogP contribution >= 0.6 is 0 Å².